The molecule has 0 spiro atoms. The van der Waals surface area contributed by atoms with Crippen LogP contribution in [0.4, 0.5) is 0 Å². The van der Waals surface area contributed by atoms with E-state index in [4.69, 9.17) is 14.2 Å². The van der Waals surface area contributed by atoms with Crippen LogP contribution < -0.4 is 0 Å². The SMILES string of the molecule is CCCCC/C=C\CC1OC1CCCCCCCC(=O)O[C@@H](CO)COC(=O)CCCCCCCCCCCCCCCCCCCCC. The maximum absolute atomic E-state index is 12.2. The molecule has 0 aliphatic carbocycles. The second-order valence-corrected chi connectivity index (χ2v) is 14.8. The molecule has 288 valence electrons. The largest absolute Gasteiger partial charge is 0.462 e. The predicted octanol–water partition coefficient (Wildman–Crippen LogP) is 12.3. The summed E-state index contributed by atoms with van der Waals surface area (Å²) in [4.78, 5) is 24.3. The lowest BCUT2D eigenvalue weighted by atomic mass is 10.0. The number of carbonyl (C=O) groups is 2. The Hall–Kier alpha value is -1.40. The summed E-state index contributed by atoms with van der Waals surface area (Å²) in [5.74, 6) is -0.603. The molecule has 1 heterocycles. The molecule has 1 aliphatic heterocycles. The summed E-state index contributed by atoms with van der Waals surface area (Å²) in [5.41, 5.74) is 0. The van der Waals surface area contributed by atoms with Gasteiger partial charge in [0.15, 0.2) is 6.10 Å². The van der Waals surface area contributed by atoms with Gasteiger partial charge in [0.2, 0.25) is 0 Å². The highest BCUT2D eigenvalue weighted by atomic mass is 16.6. The molecule has 0 amide bonds. The van der Waals surface area contributed by atoms with Crippen molar-refractivity contribution in [3.8, 4) is 0 Å². The standard InChI is InChI=1S/C43H80O6/c1-3-5-7-9-11-12-13-14-15-16-17-18-19-20-21-22-23-27-31-35-42(45)47-38-39(37-44)48-43(46)36-32-28-24-26-30-34-41-40(49-41)33-29-25-10-8-6-4-2/h25,29,39-41,44H,3-24,26-28,30-38H2,1-2H3/b29-25-/t39-,40?,41?/m0/s1. The zero-order valence-electron chi connectivity index (χ0n) is 32.4. The minimum atomic E-state index is -0.778. The molecule has 0 aromatic carbocycles. The average Bonchev–Trinajstić information content (AvgIpc) is 3.86. The third kappa shape index (κ3) is 31.1. The Balaban J connectivity index is 1.84. The number of allylic oxidation sites excluding steroid dienone is 1. The number of aliphatic hydroxyl groups is 1. The third-order valence-corrected chi connectivity index (χ3v) is 9.98. The van der Waals surface area contributed by atoms with Crippen molar-refractivity contribution in [2.45, 2.75) is 238 Å². The molecule has 0 bridgehead atoms. The van der Waals surface area contributed by atoms with E-state index >= 15 is 0 Å². The molecule has 0 radical (unpaired) electrons. The van der Waals surface area contributed by atoms with Crippen molar-refractivity contribution in [3.63, 3.8) is 0 Å². The number of hydrogen-bond acceptors (Lipinski definition) is 6. The minimum absolute atomic E-state index is 0.0704. The van der Waals surface area contributed by atoms with Gasteiger partial charge in [0, 0.05) is 12.8 Å². The fraction of sp³-hybridized carbons (Fsp3) is 0.907. The monoisotopic (exact) mass is 693 g/mol. The van der Waals surface area contributed by atoms with Gasteiger partial charge < -0.3 is 19.3 Å². The van der Waals surface area contributed by atoms with Crippen LogP contribution in [-0.2, 0) is 23.8 Å². The number of unbranched alkanes of at least 4 members (excludes halogenated alkanes) is 25. The Kier molecular flexibility index (Phi) is 32.6. The minimum Gasteiger partial charge on any atom is -0.462 e. The molecule has 1 saturated heterocycles. The highest BCUT2D eigenvalue weighted by Gasteiger charge is 2.36. The highest BCUT2D eigenvalue weighted by Crippen LogP contribution is 2.30. The summed E-state index contributed by atoms with van der Waals surface area (Å²) < 4.78 is 16.4. The van der Waals surface area contributed by atoms with Gasteiger partial charge in [0.1, 0.15) is 6.61 Å². The van der Waals surface area contributed by atoms with E-state index in [1.165, 1.54) is 135 Å². The van der Waals surface area contributed by atoms with Gasteiger partial charge in [-0.1, -0.05) is 180 Å². The predicted molar refractivity (Wildman–Crippen MR) is 205 cm³/mol. The summed E-state index contributed by atoms with van der Waals surface area (Å²) in [6, 6.07) is 0. The van der Waals surface area contributed by atoms with E-state index in [2.05, 4.69) is 26.0 Å². The molecule has 1 rings (SSSR count). The molecule has 0 saturated carbocycles. The van der Waals surface area contributed by atoms with E-state index in [1.54, 1.807) is 0 Å². The van der Waals surface area contributed by atoms with Crippen LogP contribution in [0.3, 0.4) is 0 Å². The number of epoxide rings is 1. The summed E-state index contributed by atoms with van der Waals surface area (Å²) in [5, 5.41) is 9.58. The molecule has 3 atom stereocenters. The Morgan fingerprint density at radius 3 is 1.53 bits per heavy atom. The van der Waals surface area contributed by atoms with Gasteiger partial charge in [-0.05, 0) is 38.5 Å². The van der Waals surface area contributed by atoms with E-state index < -0.39 is 6.10 Å². The van der Waals surface area contributed by atoms with Crippen molar-refractivity contribution in [3.05, 3.63) is 12.2 Å². The lowest BCUT2D eigenvalue weighted by molar-refractivity contribution is -0.161. The van der Waals surface area contributed by atoms with Gasteiger partial charge in [-0.3, -0.25) is 9.59 Å². The number of hydrogen-bond donors (Lipinski definition) is 1. The molecule has 1 aliphatic rings. The van der Waals surface area contributed by atoms with Crippen molar-refractivity contribution < 1.29 is 28.9 Å². The maximum Gasteiger partial charge on any atom is 0.306 e. The highest BCUT2D eigenvalue weighted by molar-refractivity contribution is 5.70. The van der Waals surface area contributed by atoms with Crippen LogP contribution in [0, 0.1) is 0 Å². The topological polar surface area (TPSA) is 85.4 Å². The smallest absolute Gasteiger partial charge is 0.306 e. The van der Waals surface area contributed by atoms with Crippen LogP contribution in [-0.4, -0.2) is 48.6 Å². The number of ether oxygens (including phenoxy) is 3. The van der Waals surface area contributed by atoms with Gasteiger partial charge in [-0.25, -0.2) is 0 Å². The summed E-state index contributed by atoms with van der Waals surface area (Å²) in [6.07, 6.45) is 43.0. The van der Waals surface area contributed by atoms with Gasteiger partial charge in [-0.2, -0.15) is 0 Å². The van der Waals surface area contributed by atoms with Crippen LogP contribution in [0.2, 0.25) is 0 Å². The van der Waals surface area contributed by atoms with E-state index in [1.807, 2.05) is 0 Å². The first-order valence-corrected chi connectivity index (χ1v) is 21.4. The van der Waals surface area contributed by atoms with Crippen LogP contribution in [0.1, 0.15) is 219 Å². The molecular weight excluding hydrogens is 612 g/mol. The summed E-state index contributed by atoms with van der Waals surface area (Å²) in [7, 11) is 0. The van der Waals surface area contributed by atoms with Gasteiger partial charge in [0.05, 0.1) is 18.8 Å². The van der Waals surface area contributed by atoms with Crippen molar-refractivity contribution in [2.75, 3.05) is 13.2 Å². The molecule has 49 heavy (non-hydrogen) atoms. The van der Waals surface area contributed by atoms with E-state index in [0.29, 0.717) is 25.0 Å². The molecular formula is C43H80O6. The first kappa shape index (κ1) is 45.6. The number of aliphatic hydroxyl groups excluding tert-OH is 1. The number of carbonyl (C=O) groups excluding carboxylic acids is 2. The van der Waals surface area contributed by atoms with Crippen LogP contribution in [0.25, 0.3) is 0 Å². The van der Waals surface area contributed by atoms with E-state index in [0.717, 1.165) is 57.8 Å². The molecule has 1 fully saturated rings. The first-order chi connectivity index (χ1) is 24.1. The van der Waals surface area contributed by atoms with Crippen molar-refractivity contribution in [2.24, 2.45) is 0 Å². The Bertz CT molecular complexity index is 767. The third-order valence-electron chi connectivity index (χ3n) is 9.98. The van der Waals surface area contributed by atoms with Crippen LogP contribution in [0.15, 0.2) is 12.2 Å². The fourth-order valence-electron chi connectivity index (χ4n) is 6.62. The van der Waals surface area contributed by atoms with Gasteiger partial charge >= 0.3 is 11.9 Å². The van der Waals surface area contributed by atoms with Crippen molar-refractivity contribution in [1.82, 2.24) is 0 Å². The lowest BCUT2D eigenvalue weighted by Gasteiger charge is -2.15. The summed E-state index contributed by atoms with van der Waals surface area (Å²) in [6.45, 7) is 4.11. The number of rotatable bonds is 38. The molecule has 0 aromatic rings. The zero-order valence-corrected chi connectivity index (χ0v) is 32.4. The first-order valence-electron chi connectivity index (χ1n) is 21.4. The Morgan fingerprint density at radius 1 is 0.571 bits per heavy atom. The molecule has 6 nitrogen and oxygen atoms in total. The molecule has 0 aromatic heterocycles. The second kappa shape index (κ2) is 35.0. The quantitative estimate of drug-likeness (QED) is 0.0300. The van der Waals surface area contributed by atoms with E-state index in [9.17, 15) is 14.7 Å². The number of esters is 2. The molecule has 2 unspecified atom stereocenters. The van der Waals surface area contributed by atoms with Gasteiger partial charge in [0.25, 0.3) is 0 Å². The Morgan fingerprint density at radius 2 is 1.02 bits per heavy atom. The van der Waals surface area contributed by atoms with Crippen LogP contribution >= 0.6 is 0 Å². The Labute approximate surface area is 303 Å². The maximum atomic E-state index is 12.2. The zero-order chi connectivity index (χ0) is 35.5. The van der Waals surface area contributed by atoms with Gasteiger partial charge in [-0.15, -0.1) is 0 Å². The van der Waals surface area contributed by atoms with Crippen LogP contribution in [0.5, 0.6) is 0 Å². The molecule has 1 N–H and O–H groups in total. The van der Waals surface area contributed by atoms with E-state index in [-0.39, 0.29) is 25.2 Å². The second-order valence-electron chi connectivity index (χ2n) is 14.8. The van der Waals surface area contributed by atoms with Crippen molar-refractivity contribution in [1.29, 1.82) is 0 Å². The fourth-order valence-corrected chi connectivity index (χ4v) is 6.62. The van der Waals surface area contributed by atoms with Crippen molar-refractivity contribution >= 4 is 11.9 Å². The average molecular weight is 693 g/mol. The molecule has 6 heteroatoms. The normalized spacial score (nSPS) is 16.3. The lowest BCUT2D eigenvalue weighted by Crippen LogP contribution is -2.28. The summed E-state index contributed by atoms with van der Waals surface area (Å²) >= 11 is 0.